The summed E-state index contributed by atoms with van der Waals surface area (Å²) in [6.45, 7) is 0.749. The molecule has 126 valence electrons. The van der Waals surface area contributed by atoms with Crippen LogP contribution in [0.2, 0.25) is 0 Å². The van der Waals surface area contributed by atoms with Crippen LogP contribution in [0.15, 0.2) is 18.3 Å². The maximum atomic E-state index is 12.1. The van der Waals surface area contributed by atoms with Gasteiger partial charge in [-0.3, -0.25) is 14.6 Å². The smallest absolute Gasteiger partial charge is 0.270 e. The van der Waals surface area contributed by atoms with Crippen molar-refractivity contribution < 1.29 is 22.7 Å². The van der Waals surface area contributed by atoms with Gasteiger partial charge in [-0.15, -0.1) is 0 Å². The third-order valence-corrected chi connectivity index (χ3v) is 5.18. The fourth-order valence-corrected chi connectivity index (χ4v) is 3.91. The molecule has 2 rings (SSSR count). The molecule has 0 bridgehead atoms. The summed E-state index contributed by atoms with van der Waals surface area (Å²) in [5, 5.41) is 5.28. The molecule has 0 saturated carbocycles. The Bertz CT molecular complexity index is 689. The second-order valence-electron chi connectivity index (χ2n) is 5.25. The Kier molecular flexibility index (Phi) is 5.67. The molecule has 0 radical (unpaired) electrons. The van der Waals surface area contributed by atoms with Crippen molar-refractivity contribution in [1.29, 1.82) is 0 Å². The molecule has 8 nitrogen and oxygen atoms in total. The van der Waals surface area contributed by atoms with Crippen molar-refractivity contribution in [3.8, 4) is 0 Å². The topological polar surface area (TPSA) is 114 Å². The number of methoxy groups -OCH3 is 1. The van der Waals surface area contributed by atoms with Gasteiger partial charge in [-0.05, 0) is 18.6 Å². The van der Waals surface area contributed by atoms with Gasteiger partial charge in [-0.25, -0.2) is 8.42 Å². The Hall–Kier alpha value is -2.00. The molecule has 1 aromatic heterocycles. The van der Waals surface area contributed by atoms with E-state index < -0.39 is 21.8 Å². The van der Waals surface area contributed by atoms with Crippen LogP contribution in [0.5, 0.6) is 0 Å². The molecule has 0 spiro atoms. The maximum absolute atomic E-state index is 12.1. The highest BCUT2D eigenvalue weighted by Crippen LogP contribution is 2.12. The van der Waals surface area contributed by atoms with E-state index in [1.54, 1.807) is 0 Å². The van der Waals surface area contributed by atoms with Crippen LogP contribution in [0.25, 0.3) is 0 Å². The minimum Gasteiger partial charge on any atom is -0.383 e. The molecular weight excluding hydrogens is 322 g/mol. The van der Waals surface area contributed by atoms with E-state index in [4.69, 9.17) is 4.74 Å². The van der Waals surface area contributed by atoms with Gasteiger partial charge in [0.1, 0.15) is 5.69 Å². The van der Waals surface area contributed by atoms with Gasteiger partial charge in [0.15, 0.2) is 9.84 Å². The summed E-state index contributed by atoms with van der Waals surface area (Å²) >= 11 is 0. The van der Waals surface area contributed by atoms with Crippen molar-refractivity contribution in [2.24, 2.45) is 0 Å². The molecule has 0 aliphatic carbocycles. The Morgan fingerprint density at radius 3 is 2.83 bits per heavy atom. The quantitative estimate of drug-likeness (QED) is 0.666. The molecule has 1 unspecified atom stereocenters. The summed E-state index contributed by atoms with van der Waals surface area (Å²) in [5.74, 6) is -0.802. The van der Waals surface area contributed by atoms with E-state index >= 15 is 0 Å². The standard InChI is InChI=1S/C14H19N3O5S/c1-22-6-5-16-13(18)10-2-4-15-12(8-10)14(19)17-11-3-7-23(20,21)9-11/h2,4,8,11H,3,5-7,9H2,1H3,(H,16,18)(H,17,19). The number of pyridine rings is 1. The first-order chi connectivity index (χ1) is 10.9. The SMILES string of the molecule is COCCNC(=O)c1ccnc(C(=O)NC2CCS(=O)(=O)C2)c1. The number of aromatic nitrogens is 1. The van der Waals surface area contributed by atoms with Gasteiger partial charge in [-0.1, -0.05) is 0 Å². The highest BCUT2D eigenvalue weighted by Gasteiger charge is 2.29. The lowest BCUT2D eigenvalue weighted by Gasteiger charge is -2.11. The third-order valence-electron chi connectivity index (χ3n) is 3.41. The molecule has 1 aliphatic rings. The summed E-state index contributed by atoms with van der Waals surface area (Å²) in [7, 11) is -1.54. The number of nitrogens with one attached hydrogen (secondary N) is 2. The minimum absolute atomic E-state index is 0.0596. The number of amides is 2. The van der Waals surface area contributed by atoms with Gasteiger partial charge in [0.25, 0.3) is 11.8 Å². The second kappa shape index (κ2) is 7.51. The number of rotatable bonds is 6. The van der Waals surface area contributed by atoms with Crippen LogP contribution in [0.4, 0.5) is 0 Å². The summed E-state index contributed by atoms with van der Waals surface area (Å²) in [6.07, 6.45) is 1.76. The van der Waals surface area contributed by atoms with Crippen LogP contribution < -0.4 is 10.6 Å². The molecule has 2 heterocycles. The highest BCUT2D eigenvalue weighted by molar-refractivity contribution is 7.91. The number of sulfone groups is 1. The minimum atomic E-state index is -3.07. The van der Waals surface area contributed by atoms with E-state index in [1.165, 1.54) is 25.4 Å². The zero-order valence-electron chi connectivity index (χ0n) is 12.7. The predicted octanol–water partition coefficient (Wildman–Crippen LogP) is -0.625. The van der Waals surface area contributed by atoms with E-state index in [9.17, 15) is 18.0 Å². The largest absolute Gasteiger partial charge is 0.383 e. The van der Waals surface area contributed by atoms with Crippen LogP contribution in [0.1, 0.15) is 27.3 Å². The lowest BCUT2D eigenvalue weighted by molar-refractivity contribution is 0.0936. The Labute approximate surface area is 134 Å². The molecule has 0 aromatic carbocycles. The summed E-state index contributed by atoms with van der Waals surface area (Å²) in [6, 6.07) is 2.47. The fraction of sp³-hybridized carbons (Fsp3) is 0.500. The fourth-order valence-electron chi connectivity index (χ4n) is 2.23. The first-order valence-electron chi connectivity index (χ1n) is 7.16. The summed E-state index contributed by atoms with van der Waals surface area (Å²) < 4.78 is 27.6. The number of hydrogen-bond donors (Lipinski definition) is 2. The van der Waals surface area contributed by atoms with Gasteiger partial charge in [0.2, 0.25) is 0 Å². The molecule has 2 amide bonds. The number of carbonyl (C=O) groups excluding carboxylic acids is 2. The third kappa shape index (κ3) is 5.00. The second-order valence-corrected chi connectivity index (χ2v) is 7.48. The summed E-state index contributed by atoms with van der Waals surface area (Å²) in [4.78, 5) is 28.0. The average Bonchev–Trinajstić information content (AvgIpc) is 2.86. The lowest BCUT2D eigenvalue weighted by atomic mass is 10.2. The Morgan fingerprint density at radius 2 is 2.17 bits per heavy atom. The molecule has 1 atom stereocenters. The summed E-state index contributed by atoms with van der Waals surface area (Å²) in [5.41, 5.74) is 0.383. The molecule has 1 fully saturated rings. The Balaban J connectivity index is 1.98. The van der Waals surface area contributed by atoms with Crippen molar-refractivity contribution >= 4 is 21.7 Å². The molecule has 9 heteroatoms. The van der Waals surface area contributed by atoms with Gasteiger partial charge >= 0.3 is 0 Å². The number of carbonyl (C=O) groups is 2. The van der Waals surface area contributed by atoms with Gasteiger partial charge in [0.05, 0.1) is 18.1 Å². The zero-order chi connectivity index (χ0) is 16.9. The monoisotopic (exact) mass is 341 g/mol. The van der Waals surface area contributed by atoms with Crippen LogP contribution in [-0.4, -0.2) is 63.0 Å². The van der Waals surface area contributed by atoms with Crippen molar-refractivity contribution in [1.82, 2.24) is 15.6 Å². The van der Waals surface area contributed by atoms with Crippen molar-refractivity contribution in [3.63, 3.8) is 0 Å². The first-order valence-corrected chi connectivity index (χ1v) is 8.98. The number of hydrogen-bond acceptors (Lipinski definition) is 6. The molecule has 23 heavy (non-hydrogen) atoms. The highest BCUT2D eigenvalue weighted by atomic mass is 32.2. The van der Waals surface area contributed by atoms with Gasteiger partial charge in [-0.2, -0.15) is 0 Å². The number of ether oxygens (including phenoxy) is 1. The predicted molar refractivity (Wildman–Crippen MR) is 83.0 cm³/mol. The van der Waals surface area contributed by atoms with E-state index in [1.807, 2.05) is 0 Å². The van der Waals surface area contributed by atoms with Crippen LogP contribution in [-0.2, 0) is 14.6 Å². The van der Waals surface area contributed by atoms with E-state index in [2.05, 4.69) is 15.6 Å². The van der Waals surface area contributed by atoms with Gasteiger partial charge in [0, 0.05) is 31.5 Å². The van der Waals surface area contributed by atoms with Crippen molar-refractivity contribution in [2.45, 2.75) is 12.5 Å². The van der Waals surface area contributed by atoms with Gasteiger partial charge < -0.3 is 15.4 Å². The molecule has 1 aliphatic heterocycles. The van der Waals surface area contributed by atoms with Crippen molar-refractivity contribution in [2.75, 3.05) is 31.8 Å². The van der Waals surface area contributed by atoms with E-state index in [-0.39, 0.29) is 23.1 Å². The molecule has 1 aromatic rings. The van der Waals surface area contributed by atoms with E-state index in [0.717, 1.165) is 0 Å². The molecule has 2 N–H and O–H groups in total. The van der Waals surface area contributed by atoms with Crippen molar-refractivity contribution in [3.05, 3.63) is 29.6 Å². The molecule has 1 saturated heterocycles. The molecular formula is C14H19N3O5S. The van der Waals surface area contributed by atoms with Crippen LogP contribution in [0.3, 0.4) is 0 Å². The van der Waals surface area contributed by atoms with Crippen LogP contribution >= 0.6 is 0 Å². The van der Waals surface area contributed by atoms with E-state index in [0.29, 0.717) is 25.1 Å². The maximum Gasteiger partial charge on any atom is 0.270 e. The normalized spacial score (nSPS) is 19.3. The Morgan fingerprint density at radius 1 is 1.39 bits per heavy atom. The lowest BCUT2D eigenvalue weighted by Crippen LogP contribution is -2.36. The zero-order valence-corrected chi connectivity index (χ0v) is 13.6. The van der Waals surface area contributed by atoms with Crippen LogP contribution in [0, 0.1) is 0 Å². The first kappa shape index (κ1) is 17.4. The average molecular weight is 341 g/mol. The number of nitrogens with zero attached hydrogens (tertiary/aromatic N) is 1.